The van der Waals surface area contributed by atoms with Gasteiger partial charge in [0.1, 0.15) is 10.8 Å². The van der Waals surface area contributed by atoms with Crippen LogP contribution in [-0.4, -0.2) is 84.5 Å². The second-order valence-corrected chi connectivity index (χ2v) is 9.28. The summed E-state index contributed by atoms with van der Waals surface area (Å²) in [7, 11) is 1.94. The van der Waals surface area contributed by atoms with Crippen molar-refractivity contribution in [3.63, 3.8) is 0 Å². The number of amides is 2. The third-order valence-electron chi connectivity index (χ3n) is 5.50. The molecule has 0 radical (unpaired) electrons. The van der Waals surface area contributed by atoms with E-state index in [4.69, 9.17) is 0 Å². The molecule has 4 rings (SSSR count). The van der Waals surface area contributed by atoms with Gasteiger partial charge in [-0.05, 0) is 25.4 Å². The molecule has 1 aromatic carbocycles. The zero-order chi connectivity index (χ0) is 26.6. The Hall–Kier alpha value is -3.56. The molecule has 1 aromatic heterocycles. The zero-order valence-corrected chi connectivity index (χ0v) is 20.4. The highest BCUT2D eigenvalue weighted by Gasteiger charge is 2.33. The molecule has 198 valence electrons. The van der Waals surface area contributed by atoms with Crippen molar-refractivity contribution in [2.45, 2.75) is 6.36 Å². The molecule has 1 saturated heterocycles. The number of benzene rings is 1. The minimum absolute atomic E-state index is 0.0612. The molecular formula is C22H23F4N7O3S. The average Bonchev–Trinajstić information content (AvgIpc) is 3.30. The average molecular weight is 542 g/mol. The van der Waals surface area contributed by atoms with Crippen LogP contribution in [-0.2, 0) is 4.79 Å². The number of likely N-dealkylation sites (N-methyl/N-ethyl adjacent to an activating group) is 1. The van der Waals surface area contributed by atoms with Crippen LogP contribution in [0.3, 0.4) is 0 Å². The van der Waals surface area contributed by atoms with Gasteiger partial charge in [-0.15, -0.1) is 23.4 Å². The fourth-order valence-corrected chi connectivity index (χ4v) is 4.37. The number of nitrogens with one attached hydrogen (secondary N) is 3. The number of allylic oxidation sites excluding steroid dienone is 2. The first-order valence-corrected chi connectivity index (χ1v) is 11.9. The number of dihydropyridines is 1. The van der Waals surface area contributed by atoms with Gasteiger partial charge in [0.2, 0.25) is 11.0 Å². The number of hydrogen-bond acceptors (Lipinski definition) is 9. The van der Waals surface area contributed by atoms with Gasteiger partial charge in [0, 0.05) is 44.4 Å². The predicted octanol–water partition coefficient (Wildman–Crippen LogP) is 2.51. The lowest BCUT2D eigenvalue weighted by atomic mass is 10.1. The van der Waals surface area contributed by atoms with E-state index in [2.05, 4.69) is 35.8 Å². The minimum atomic E-state index is -5.14. The van der Waals surface area contributed by atoms with Gasteiger partial charge in [0.05, 0.1) is 17.8 Å². The van der Waals surface area contributed by atoms with Crippen LogP contribution in [0.15, 0.2) is 30.5 Å². The first kappa shape index (κ1) is 26.5. The van der Waals surface area contributed by atoms with Gasteiger partial charge >= 0.3 is 6.36 Å². The van der Waals surface area contributed by atoms with Crippen molar-refractivity contribution in [1.29, 1.82) is 0 Å². The Balaban J connectivity index is 1.52. The van der Waals surface area contributed by atoms with E-state index < -0.39 is 41.0 Å². The lowest BCUT2D eigenvalue weighted by molar-refractivity contribution is -0.274. The summed E-state index contributed by atoms with van der Waals surface area (Å²) < 4.78 is 57.4. The molecule has 2 aliphatic rings. The SMILES string of the molecule is CN1CCN(CC(=O)Nc2cc(C(=O)Nc3nnc(C4=CC=CNC4)s3)c(F)cc2OC(F)(F)F)CC1. The number of nitrogens with zero attached hydrogens (tertiary/aromatic N) is 4. The molecule has 0 spiro atoms. The topological polar surface area (TPSA) is 112 Å². The number of carbonyl (C=O) groups is 2. The largest absolute Gasteiger partial charge is 0.573 e. The highest BCUT2D eigenvalue weighted by molar-refractivity contribution is 7.16. The Labute approximate surface area is 213 Å². The Morgan fingerprint density at radius 2 is 1.92 bits per heavy atom. The number of rotatable bonds is 7. The number of piperazine rings is 1. The Kier molecular flexibility index (Phi) is 8.04. The van der Waals surface area contributed by atoms with E-state index >= 15 is 0 Å². The number of carbonyl (C=O) groups excluding carboxylic acids is 2. The summed E-state index contributed by atoms with van der Waals surface area (Å²) in [6, 6.07) is 1.21. The minimum Gasteiger partial charge on any atom is -0.403 e. The lowest BCUT2D eigenvalue weighted by Gasteiger charge is -2.31. The molecule has 0 saturated carbocycles. The summed E-state index contributed by atoms with van der Waals surface area (Å²) in [6.45, 7) is 3.07. The Morgan fingerprint density at radius 3 is 2.59 bits per heavy atom. The number of hydrogen-bond donors (Lipinski definition) is 3. The highest BCUT2D eigenvalue weighted by atomic mass is 32.1. The van der Waals surface area contributed by atoms with E-state index in [1.54, 1.807) is 12.3 Å². The van der Waals surface area contributed by atoms with Crippen molar-refractivity contribution in [1.82, 2.24) is 25.3 Å². The van der Waals surface area contributed by atoms with E-state index in [0.29, 0.717) is 30.7 Å². The van der Waals surface area contributed by atoms with E-state index in [1.165, 1.54) is 0 Å². The summed E-state index contributed by atoms with van der Waals surface area (Å²) in [5.41, 5.74) is -0.278. The van der Waals surface area contributed by atoms with Crippen LogP contribution in [0.2, 0.25) is 0 Å². The van der Waals surface area contributed by atoms with Crippen LogP contribution in [0.5, 0.6) is 5.75 Å². The van der Waals surface area contributed by atoms with E-state index in [-0.39, 0.29) is 11.7 Å². The lowest BCUT2D eigenvalue weighted by Crippen LogP contribution is -2.47. The van der Waals surface area contributed by atoms with Gasteiger partial charge < -0.3 is 20.3 Å². The third-order valence-corrected chi connectivity index (χ3v) is 6.42. The summed E-state index contributed by atoms with van der Waals surface area (Å²) in [4.78, 5) is 29.2. The number of aromatic nitrogens is 2. The fourth-order valence-electron chi connectivity index (χ4n) is 3.61. The smallest absolute Gasteiger partial charge is 0.403 e. The molecule has 3 N–H and O–H groups in total. The first-order valence-electron chi connectivity index (χ1n) is 11.1. The van der Waals surface area contributed by atoms with Gasteiger partial charge in [0.25, 0.3) is 5.91 Å². The molecule has 2 aromatic rings. The number of alkyl halides is 3. The molecule has 1 fully saturated rings. The highest BCUT2D eigenvalue weighted by Crippen LogP contribution is 2.33. The molecule has 37 heavy (non-hydrogen) atoms. The van der Waals surface area contributed by atoms with Gasteiger partial charge in [-0.1, -0.05) is 17.4 Å². The van der Waals surface area contributed by atoms with Gasteiger partial charge in [-0.3, -0.25) is 19.8 Å². The van der Waals surface area contributed by atoms with Crippen LogP contribution in [0.4, 0.5) is 28.4 Å². The molecule has 2 amide bonds. The summed E-state index contributed by atoms with van der Waals surface area (Å²) in [5.74, 6) is -3.87. The molecule has 3 heterocycles. The Morgan fingerprint density at radius 1 is 1.16 bits per heavy atom. The van der Waals surface area contributed by atoms with Crippen molar-refractivity contribution in [2.75, 3.05) is 56.9 Å². The van der Waals surface area contributed by atoms with Crippen LogP contribution in [0, 0.1) is 5.82 Å². The maximum atomic E-state index is 14.7. The monoisotopic (exact) mass is 541 g/mol. The summed E-state index contributed by atoms with van der Waals surface area (Å²) in [6.07, 6.45) is 0.203. The van der Waals surface area contributed by atoms with E-state index in [1.807, 2.05) is 18.0 Å². The summed E-state index contributed by atoms with van der Waals surface area (Å²) >= 11 is 1.04. The Bertz CT molecular complexity index is 1220. The molecule has 2 aliphatic heterocycles. The molecule has 0 unspecified atom stereocenters. The zero-order valence-electron chi connectivity index (χ0n) is 19.6. The van der Waals surface area contributed by atoms with Crippen molar-refractivity contribution in [2.24, 2.45) is 0 Å². The van der Waals surface area contributed by atoms with Gasteiger partial charge in [-0.2, -0.15) is 0 Å². The van der Waals surface area contributed by atoms with Crippen LogP contribution in [0.1, 0.15) is 15.4 Å². The van der Waals surface area contributed by atoms with Crippen molar-refractivity contribution in [3.8, 4) is 5.75 Å². The van der Waals surface area contributed by atoms with E-state index in [0.717, 1.165) is 36.1 Å². The second kappa shape index (κ2) is 11.2. The number of halogens is 4. The molecule has 0 bridgehead atoms. The maximum Gasteiger partial charge on any atom is 0.573 e. The van der Waals surface area contributed by atoms with E-state index in [9.17, 15) is 27.2 Å². The first-order chi connectivity index (χ1) is 17.6. The molecule has 15 heteroatoms. The molecule has 10 nitrogen and oxygen atoms in total. The van der Waals surface area contributed by atoms with Crippen molar-refractivity contribution in [3.05, 3.63) is 46.9 Å². The van der Waals surface area contributed by atoms with Crippen molar-refractivity contribution < 1.29 is 31.9 Å². The number of ether oxygens (including phenoxy) is 1. The van der Waals surface area contributed by atoms with Gasteiger partial charge in [-0.25, -0.2) is 4.39 Å². The molecule has 0 aliphatic carbocycles. The molecule has 0 atom stereocenters. The fraction of sp³-hybridized carbons (Fsp3) is 0.364. The maximum absolute atomic E-state index is 14.7. The third kappa shape index (κ3) is 7.24. The normalized spacial score (nSPS) is 16.6. The standard InChI is InChI=1S/C22H23F4N7O3S/c1-32-5-7-33(8-6-32)12-18(34)28-16-9-14(15(23)10-17(16)36-22(24,25)26)19(35)29-21-31-30-20(37-21)13-3-2-4-27-11-13/h2-4,9-10,27H,5-8,11-12H2,1H3,(H,28,34)(H,29,31,35). The van der Waals surface area contributed by atoms with Crippen LogP contribution in [0.25, 0.3) is 5.57 Å². The quantitative estimate of drug-likeness (QED) is 0.459. The summed E-state index contributed by atoms with van der Waals surface area (Å²) in [5, 5.41) is 16.1. The van der Waals surface area contributed by atoms with Crippen LogP contribution >= 0.6 is 11.3 Å². The molecular weight excluding hydrogens is 518 g/mol. The predicted molar refractivity (Wildman–Crippen MR) is 129 cm³/mol. The van der Waals surface area contributed by atoms with Crippen LogP contribution < -0.4 is 20.7 Å². The van der Waals surface area contributed by atoms with Crippen molar-refractivity contribution >= 4 is 39.5 Å². The van der Waals surface area contributed by atoms with Gasteiger partial charge in [0.15, 0.2) is 5.75 Å². The number of anilines is 2. The second-order valence-electron chi connectivity index (χ2n) is 8.30.